The third-order valence-electron chi connectivity index (χ3n) is 2.72. The van der Waals surface area contributed by atoms with Gasteiger partial charge in [-0.05, 0) is 42.0 Å². The molecule has 22 heavy (non-hydrogen) atoms. The molecule has 0 unspecified atom stereocenters. The lowest BCUT2D eigenvalue weighted by atomic mass is 10.1. The maximum atomic E-state index is 12.1. The maximum absolute atomic E-state index is 12.1. The standard InChI is InChI=1S/C16H10Cl2N2O2/c17-12-4-5-14(18)15(8-12)20-16(22)11(9-19)6-10-2-1-3-13(21)7-10/h1-8,21H,(H,20,22)/b11-6-. The van der Waals surface area contributed by atoms with Crippen molar-refractivity contribution in [2.75, 3.05) is 5.32 Å². The number of nitrogens with one attached hydrogen (secondary N) is 1. The van der Waals surface area contributed by atoms with Gasteiger partial charge in [-0.15, -0.1) is 0 Å². The molecule has 2 aromatic rings. The largest absolute Gasteiger partial charge is 0.508 e. The summed E-state index contributed by atoms with van der Waals surface area (Å²) in [7, 11) is 0. The second kappa shape index (κ2) is 6.99. The number of benzene rings is 2. The molecule has 2 rings (SSSR count). The number of phenols is 1. The molecule has 0 bridgehead atoms. The molecule has 0 fully saturated rings. The van der Waals surface area contributed by atoms with Gasteiger partial charge in [-0.2, -0.15) is 5.26 Å². The van der Waals surface area contributed by atoms with Crippen molar-refractivity contribution >= 4 is 40.9 Å². The Kier molecular flexibility index (Phi) is 5.05. The number of phenolic OH excluding ortho intramolecular Hbond substituents is 1. The fourth-order valence-electron chi connectivity index (χ4n) is 1.71. The van der Waals surface area contributed by atoms with Gasteiger partial charge >= 0.3 is 0 Å². The van der Waals surface area contributed by atoms with Crippen molar-refractivity contribution in [1.82, 2.24) is 0 Å². The summed E-state index contributed by atoms with van der Waals surface area (Å²) >= 11 is 11.8. The summed E-state index contributed by atoms with van der Waals surface area (Å²) in [5.41, 5.74) is 0.724. The van der Waals surface area contributed by atoms with E-state index in [9.17, 15) is 9.90 Å². The van der Waals surface area contributed by atoms with Gasteiger partial charge in [-0.1, -0.05) is 35.3 Å². The van der Waals surface area contributed by atoms with Gasteiger partial charge in [-0.25, -0.2) is 0 Å². The molecule has 0 saturated heterocycles. The third-order valence-corrected chi connectivity index (χ3v) is 3.29. The first-order valence-electron chi connectivity index (χ1n) is 6.17. The van der Waals surface area contributed by atoms with Crippen LogP contribution in [-0.4, -0.2) is 11.0 Å². The van der Waals surface area contributed by atoms with E-state index >= 15 is 0 Å². The molecule has 0 heterocycles. The minimum Gasteiger partial charge on any atom is -0.508 e. The number of carbonyl (C=O) groups is 1. The second-order valence-electron chi connectivity index (χ2n) is 4.34. The van der Waals surface area contributed by atoms with Crippen molar-refractivity contribution in [3.63, 3.8) is 0 Å². The summed E-state index contributed by atoms with van der Waals surface area (Å²) in [6.07, 6.45) is 1.37. The first kappa shape index (κ1) is 15.9. The summed E-state index contributed by atoms with van der Waals surface area (Å²) in [6.45, 7) is 0. The van der Waals surface area contributed by atoms with Crippen molar-refractivity contribution < 1.29 is 9.90 Å². The van der Waals surface area contributed by atoms with Crippen molar-refractivity contribution in [1.29, 1.82) is 5.26 Å². The summed E-state index contributed by atoms with van der Waals surface area (Å²) in [5, 5.41) is 21.8. The molecule has 0 aliphatic rings. The van der Waals surface area contributed by atoms with Gasteiger partial charge in [-0.3, -0.25) is 4.79 Å². The molecule has 0 aromatic heterocycles. The van der Waals surface area contributed by atoms with Crippen LogP contribution < -0.4 is 5.32 Å². The number of hydrogen-bond donors (Lipinski definition) is 2. The Hall–Kier alpha value is -2.48. The van der Waals surface area contributed by atoms with E-state index < -0.39 is 5.91 Å². The van der Waals surface area contributed by atoms with Crippen LogP contribution in [0.1, 0.15) is 5.56 Å². The zero-order valence-electron chi connectivity index (χ0n) is 11.2. The SMILES string of the molecule is N#C/C(=C/c1cccc(O)c1)C(=O)Nc1cc(Cl)ccc1Cl. The van der Waals surface area contributed by atoms with Crippen LogP contribution in [0, 0.1) is 11.3 Å². The Balaban J connectivity index is 2.26. The summed E-state index contributed by atoms with van der Waals surface area (Å²) in [6, 6.07) is 12.7. The highest BCUT2D eigenvalue weighted by atomic mass is 35.5. The lowest BCUT2D eigenvalue weighted by molar-refractivity contribution is -0.112. The van der Waals surface area contributed by atoms with Crippen LogP contribution in [0.15, 0.2) is 48.0 Å². The number of hydrogen-bond acceptors (Lipinski definition) is 3. The van der Waals surface area contributed by atoms with Gasteiger partial charge in [0, 0.05) is 5.02 Å². The molecule has 0 radical (unpaired) electrons. The van der Waals surface area contributed by atoms with Gasteiger partial charge < -0.3 is 10.4 Å². The Morgan fingerprint density at radius 3 is 2.68 bits per heavy atom. The van der Waals surface area contributed by atoms with Gasteiger partial charge in [0.15, 0.2) is 0 Å². The van der Waals surface area contributed by atoms with E-state index in [-0.39, 0.29) is 11.3 Å². The first-order chi connectivity index (χ1) is 10.5. The average Bonchev–Trinajstić information content (AvgIpc) is 2.48. The Morgan fingerprint density at radius 1 is 1.23 bits per heavy atom. The quantitative estimate of drug-likeness (QED) is 0.652. The predicted molar refractivity (Wildman–Crippen MR) is 86.8 cm³/mol. The molecule has 0 aliphatic heterocycles. The highest BCUT2D eigenvalue weighted by molar-refractivity contribution is 6.36. The zero-order chi connectivity index (χ0) is 16.1. The van der Waals surface area contributed by atoms with Gasteiger partial charge in [0.2, 0.25) is 0 Å². The summed E-state index contributed by atoms with van der Waals surface area (Å²) in [4.78, 5) is 12.1. The number of nitriles is 1. The van der Waals surface area contributed by atoms with Crippen molar-refractivity contribution in [3.8, 4) is 11.8 Å². The van der Waals surface area contributed by atoms with Crippen molar-refractivity contribution in [3.05, 3.63) is 63.6 Å². The zero-order valence-corrected chi connectivity index (χ0v) is 12.7. The van der Waals surface area contributed by atoms with E-state index in [0.29, 0.717) is 21.3 Å². The summed E-state index contributed by atoms with van der Waals surface area (Å²) in [5.74, 6) is -0.570. The Labute approximate surface area is 137 Å². The monoisotopic (exact) mass is 332 g/mol. The van der Waals surface area contributed by atoms with E-state index in [1.54, 1.807) is 24.3 Å². The molecule has 0 atom stereocenters. The normalized spacial score (nSPS) is 10.9. The minimum atomic E-state index is -0.616. The highest BCUT2D eigenvalue weighted by Gasteiger charge is 2.12. The Morgan fingerprint density at radius 2 is 2.00 bits per heavy atom. The van der Waals surface area contributed by atoms with Gasteiger partial charge in [0.05, 0.1) is 10.7 Å². The molecule has 6 heteroatoms. The fraction of sp³-hybridized carbons (Fsp3) is 0. The van der Waals surface area contributed by atoms with Crippen LogP contribution in [0.25, 0.3) is 6.08 Å². The molecule has 0 spiro atoms. The third kappa shape index (κ3) is 4.01. The molecule has 1 amide bonds. The van der Waals surface area contributed by atoms with Crippen LogP contribution in [0.2, 0.25) is 10.0 Å². The number of amides is 1. The smallest absolute Gasteiger partial charge is 0.266 e. The average molecular weight is 333 g/mol. The van der Waals surface area contributed by atoms with E-state index in [4.69, 9.17) is 28.5 Å². The number of aromatic hydroxyl groups is 1. The molecular weight excluding hydrogens is 323 g/mol. The molecule has 0 saturated carbocycles. The van der Waals surface area contributed by atoms with Crippen LogP contribution in [0.5, 0.6) is 5.75 Å². The number of rotatable bonds is 3. The summed E-state index contributed by atoms with van der Waals surface area (Å²) < 4.78 is 0. The Bertz CT molecular complexity index is 795. The van der Waals surface area contributed by atoms with Gasteiger partial charge in [0.1, 0.15) is 17.4 Å². The molecule has 2 aromatic carbocycles. The van der Waals surface area contributed by atoms with Crippen LogP contribution in [0.4, 0.5) is 5.69 Å². The number of anilines is 1. The van der Waals surface area contributed by atoms with Crippen LogP contribution in [0.3, 0.4) is 0 Å². The molecule has 110 valence electrons. The first-order valence-corrected chi connectivity index (χ1v) is 6.92. The second-order valence-corrected chi connectivity index (χ2v) is 5.19. The lowest BCUT2D eigenvalue weighted by Crippen LogP contribution is -2.13. The van der Waals surface area contributed by atoms with Crippen molar-refractivity contribution in [2.24, 2.45) is 0 Å². The predicted octanol–water partition coefficient (Wildman–Crippen LogP) is 4.24. The molecule has 0 aliphatic carbocycles. The fourth-order valence-corrected chi connectivity index (χ4v) is 2.05. The number of halogens is 2. The van der Waals surface area contributed by atoms with E-state index in [1.165, 1.54) is 24.3 Å². The number of nitrogens with zero attached hydrogens (tertiary/aromatic N) is 1. The lowest BCUT2D eigenvalue weighted by Gasteiger charge is -2.07. The van der Waals surface area contributed by atoms with E-state index in [2.05, 4.69) is 5.32 Å². The number of carbonyl (C=O) groups excluding carboxylic acids is 1. The highest BCUT2D eigenvalue weighted by Crippen LogP contribution is 2.26. The maximum Gasteiger partial charge on any atom is 0.266 e. The van der Waals surface area contributed by atoms with E-state index in [0.717, 1.165) is 0 Å². The van der Waals surface area contributed by atoms with Crippen LogP contribution >= 0.6 is 23.2 Å². The van der Waals surface area contributed by atoms with Crippen molar-refractivity contribution in [2.45, 2.75) is 0 Å². The molecule has 4 nitrogen and oxygen atoms in total. The molecule has 2 N–H and O–H groups in total. The van der Waals surface area contributed by atoms with E-state index in [1.807, 2.05) is 6.07 Å². The molecular formula is C16H10Cl2N2O2. The minimum absolute atomic E-state index is 0.0457. The van der Waals surface area contributed by atoms with Crippen LogP contribution in [-0.2, 0) is 4.79 Å². The van der Waals surface area contributed by atoms with Gasteiger partial charge in [0.25, 0.3) is 5.91 Å². The topological polar surface area (TPSA) is 73.1 Å².